The molecule has 2 heterocycles. The van der Waals surface area contributed by atoms with Crippen molar-refractivity contribution in [3.8, 4) is 0 Å². The summed E-state index contributed by atoms with van der Waals surface area (Å²) in [6.45, 7) is 5.05. The Morgan fingerprint density at radius 3 is 2.90 bits per heavy atom. The molecule has 0 aliphatic heterocycles. The van der Waals surface area contributed by atoms with Gasteiger partial charge >= 0.3 is 0 Å². The SMILES string of the molecule is CC1(C)CC1(C(=O)NCCCc1ncc[nH]1)c1cccs1. The maximum Gasteiger partial charge on any atom is 0.232 e. The third-order valence-electron chi connectivity index (χ3n) is 4.50. The Labute approximate surface area is 129 Å². The van der Waals surface area contributed by atoms with E-state index in [2.05, 4.69) is 40.6 Å². The largest absolute Gasteiger partial charge is 0.355 e. The van der Waals surface area contributed by atoms with Crippen LogP contribution in [0.1, 0.15) is 37.4 Å². The van der Waals surface area contributed by atoms with E-state index >= 15 is 0 Å². The van der Waals surface area contributed by atoms with Crippen molar-refractivity contribution in [3.63, 3.8) is 0 Å². The molecule has 1 saturated carbocycles. The number of H-pyrrole nitrogens is 1. The first kappa shape index (κ1) is 14.3. The van der Waals surface area contributed by atoms with E-state index in [9.17, 15) is 4.79 Å². The number of thiophene rings is 1. The fourth-order valence-corrected chi connectivity index (χ4v) is 4.21. The summed E-state index contributed by atoms with van der Waals surface area (Å²) >= 11 is 1.68. The molecular formula is C16H21N3OS. The second-order valence-corrected chi connectivity index (χ2v) is 7.29. The number of nitrogens with zero attached hydrogens (tertiary/aromatic N) is 1. The molecule has 1 amide bonds. The standard InChI is InChI=1S/C16H21N3OS/c1-15(2)11-16(15,12-5-4-10-21-12)14(20)19-7-3-6-13-17-8-9-18-13/h4-5,8-10H,3,6-7,11H2,1-2H3,(H,17,18)(H,19,20). The van der Waals surface area contributed by atoms with Gasteiger partial charge in [0, 0.05) is 30.2 Å². The topological polar surface area (TPSA) is 57.8 Å². The predicted molar refractivity (Wildman–Crippen MR) is 84.3 cm³/mol. The minimum atomic E-state index is -0.314. The molecule has 0 bridgehead atoms. The number of nitrogens with one attached hydrogen (secondary N) is 2. The van der Waals surface area contributed by atoms with E-state index in [1.165, 1.54) is 4.88 Å². The van der Waals surface area contributed by atoms with Gasteiger partial charge in [-0.2, -0.15) is 0 Å². The van der Waals surface area contributed by atoms with Gasteiger partial charge in [0.05, 0.1) is 5.41 Å². The Morgan fingerprint density at radius 2 is 2.33 bits per heavy atom. The highest BCUT2D eigenvalue weighted by atomic mass is 32.1. The molecule has 3 rings (SSSR count). The van der Waals surface area contributed by atoms with E-state index in [4.69, 9.17) is 0 Å². The molecule has 21 heavy (non-hydrogen) atoms. The summed E-state index contributed by atoms with van der Waals surface area (Å²) in [6.07, 6.45) is 6.28. The Hall–Kier alpha value is -1.62. The number of aryl methyl sites for hydroxylation is 1. The van der Waals surface area contributed by atoms with Gasteiger partial charge in [-0.1, -0.05) is 19.9 Å². The molecule has 1 fully saturated rings. The predicted octanol–water partition coefficient (Wildman–Crippen LogP) is 2.89. The van der Waals surface area contributed by atoms with Gasteiger partial charge in [0.1, 0.15) is 5.82 Å². The molecular weight excluding hydrogens is 282 g/mol. The average Bonchev–Trinajstić information content (AvgIpc) is 2.96. The van der Waals surface area contributed by atoms with Crippen LogP contribution in [-0.4, -0.2) is 22.4 Å². The van der Waals surface area contributed by atoms with Crippen LogP contribution in [0.4, 0.5) is 0 Å². The van der Waals surface area contributed by atoms with E-state index < -0.39 is 0 Å². The molecule has 2 aromatic heterocycles. The minimum Gasteiger partial charge on any atom is -0.355 e. The summed E-state index contributed by atoms with van der Waals surface area (Å²) in [5.41, 5.74) is -0.255. The summed E-state index contributed by atoms with van der Waals surface area (Å²) in [5, 5.41) is 5.17. The van der Waals surface area contributed by atoms with E-state index in [1.807, 2.05) is 12.3 Å². The lowest BCUT2D eigenvalue weighted by Gasteiger charge is -2.18. The highest BCUT2D eigenvalue weighted by Gasteiger charge is 2.67. The van der Waals surface area contributed by atoms with Crippen molar-refractivity contribution >= 4 is 17.2 Å². The zero-order chi connectivity index (χ0) is 14.9. The van der Waals surface area contributed by atoms with Crippen LogP contribution in [0.15, 0.2) is 29.9 Å². The van der Waals surface area contributed by atoms with Crippen LogP contribution in [0.5, 0.6) is 0 Å². The van der Waals surface area contributed by atoms with Gasteiger partial charge in [-0.15, -0.1) is 11.3 Å². The number of hydrogen-bond acceptors (Lipinski definition) is 3. The fraction of sp³-hybridized carbons (Fsp3) is 0.500. The van der Waals surface area contributed by atoms with Crippen LogP contribution >= 0.6 is 11.3 Å². The van der Waals surface area contributed by atoms with Gasteiger partial charge in [-0.05, 0) is 29.7 Å². The van der Waals surface area contributed by atoms with Crippen LogP contribution in [0.3, 0.4) is 0 Å². The second kappa shape index (κ2) is 5.30. The number of aromatic nitrogens is 2. The van der Waals surface area contributed by atoms with Crippen LogP contribution in [0.25, 0.3) is 0 Å². The summed E-state index contributed by atoms with van der Waals surface area (Å²) in [5.74, 6) is 1.15. The lowest BCUT2D eigenvalue weighted by atomic mass is 9.93. The molecule has 0 aromatic carbocycles. The molecule has 1 unspecified atom stereocenters. The summed E-state index contributed by atoms with van der Waals surface area (Å²) in [7, 11) is 0. The molecule has 0 radical (unpaired) electrons. The maximum atomic E-state index is 12.7. The van der Waals surface area contributed by atoms with Gasteiger partial charge in [0.25, 0.3) is 0 Å². The van der Waals surface area contributed by atoms with E-state index in [0.717, 1.165) is 25.1 Å². The Kier molecular flexibility index (Phi) is 3.61. The first-order valence-corrected chi connectivity index (χ1v) is 8.25. The third kappa shape index (κ3) is 2.50. The van der Waals surface area contributed by atoms with Crippen molar-refractivity contribution in [1.82, 2.24) is 15.3 Å². The van der Waals surface area contributed by atoms with Crippen molar-refractivity contribution in [2.24, 2.45) is 5.41 Å². The first-order chi connectivity index (χ1) is 10.1. The monoisotopic (exact) mass is 303 g/mol. The van der Waals surface area contributed by atoms with E-state index in [1.54, 1.807) is 17.5 Å². The molecule has 0 saturated heterocycles. The smallest absolute Gasteiger partial charge is 0.232 e. The summed E-state index contributed by atoms with van der Waals surface area (Å²) in [6, 6.07) is 4.11. The minimum absolute atomic E-state index is 0.0585. The van der Waals surface area contributed by atoms with Gasteiger partial charge in [-0.3, -0.25) is 4.79 Å². The zero-order valence-corrected chi connectivity index (χ0v) is 13.3. The molecule has 5 heteroatoms. The molecule has 2 N–H and O–H groups in total. The molecule has 1 aliphatic carbocycles. The van der Waals surface area contributed by atoms with Gasteiger partial charge in [0.15, 0.2) is 0 Å². The average molecular weight is 303 g/mol. The number of hydrogen-bond donors (Lipinski definition) is 2. The van der Waals surface area contributed by atoms with Crippen molar-refractivity contribution in [3.05, 3.63) is 40.6 Å². The van der Waals surface area contributed by atoms with E-state index in [-0.39, 0.29) is 16.7 Å². The summed E-state index contributed by atoms with van der Waals surface area (Å²) < 4.78 is 0. The molecule has 1 aliphatic rings. The second-order valence-electron chi connectivity index (χ2n) is 6.34. The highest BCUT2D eigenvalue weighted by Crippen LogP contribution is 2.65. The number of rotatable bonds is 6. The van der Waals surface area contributed by atoms with Crippen LogP contribution in [-0.2, 0) is 16.6 Å². The molecule has 0 spiro atoms. The van der Waals surface area contributed by atoms with Crippen LogP contribution < -0.4 is 5.32 Å². The Bertz CT molecular complexity index is 604. The first-order valence-electron chi connectivity index (χ1n) is 7.37. The Morgan fingerprint density at radius 1 is 1.52 bits per heavy atom. The van der Waals surface area contributed by atoms with Crippen molar-refractivity contribution < 1.29 is 4.79 Å². The summed E-state index contributed by atoms with van der Waals surface area (Å²) in [4.78, 5) is 21.1. The molecule has 1 atom stereocenters. The van der Waals surface area contributed by atoms with Crippen molar-refractivity contribution in [1.29, 1.82) is 0 Å². The van der Waals surface area contributed by atoms with Gasteiger partial charge < -0.3 is 10.3 Å². The van der Waals surface area contributed by atoms with Crippen LogP contribution in [0, 0.1) is 5.41 Å². The maximum absolute atomic E-state index is 12.7. The fourth-order valence-electron chi connectivity index (χ4n) is 3.10. The Balaban J connectivity index is 1.57. The number of imidazole rings is 1. The molecule has 112 valence electrons. The van der Waals surface area contributed by atoms with Crippen molar-refractivity contribution in [2.45, 2.75) is 38.5 Å². The molecule has 2 aromatic rings. The lowest BCUT2D eigenvalue weighted by molar-refractivity contribution is -0.124. The van der Waals surface area contributed by atoms with E-state index in [0.29, 0.717) is 6.54 Å². The van der Waals surface area contributed by atoms with Gasteiger partial charge in [0.2, 0.25) is 5.91 Å². The number of aromatic amines is 1. The van der Waals surface area contributed by atoms with Crippen molar-refractivity contribution in [2.75, 3.05) is 6.54 Å². The highest BCUT2D eigenvalue weighted by molar-refractivity contribution is 7.10. The lowest BCUT2D eigenvalue weighted by Crippen LogP contribution is -2.37. The zero-order valence-electron chi connectivity index (χ0n) is 12.5. The number of carbonyl (C=O) groups is 1. The van der Waals surface area contributed by atoms with Gasteiger partial charge in [-0.25, -0.2) is 4.98 Å². The normalized spacial score (nSPS) is 23.0. The molecule has 4 nitrogen and oxygen atoms in total. The quantitative estimate of drug-likeness (QED) is 0.806. The van der Waals surface area contributed by atoms with Crippen LogP contribution in [0.2, 0.25) is 0 Å². The number of amides is 1. The third-order valence-corrected chi connectivity index (χ3v) is 5.53. The number of carbonyl (C=O) groups excluding carboxylic acids is 1.